The Bertz CT molecular complexity index is 239. The lowest BCUT2D eigenvalue weighted by Gasteiger charge is -2.30. The molecule has 2 nitrogen and oxygen atoms in total. The van der Waals surface area contributed by atoms with Gasteiger partial charge in [0.25, 0.3) is 0 Å². The van der Waals surface area contributed by atoms with Gasteiger partial charge in [0.1, 0.15) is 0 Å². The lowest BCUT2D eigenvalue weighted by molar-refractivity contribution is -0.125. The van der Waals surface area contributed by atoms with Gasteiger partial charge in [-0.25, -0.2) is 8.78 Å². The average molecular weight is 286 g/mol. The molecule has 6 heteroatoms. The molecule has 0 aliphatic rings. The Kier molecular flexibility index (Phi) is 7.89. The molecule has 0 radical (unpaired) electrons. The van der Waals surface area contributed by atoms with Crippen molar-refractivity contribution in [3.05, 3.63) is 0 Å². The van der Waals surface area contributed by atoms with Gasteiger partial charge in [0.2, 0.25) is 0 Å². The minimum absolute atomic E-state index is 0.117. The first-order chi connectivity index (χ1) is 8.61. The van der Waals surface area contributed by atoms with Crippen LogP contribution >= 0.6 is 0 Å². The summed E-state index contributed by atoms with van der Waals surface area (Å²) in [5.74, 6) is -3.53. The van der Waals surface area contributed by atoms with Crippen molar-refractivity contribution in [2.75, 3.05) is 19.6 Å². The van der Waals surface area contributed by atoms with Crippen molar-refractivity contribution in [3.8, 4) is 0 Å². The molecule has 116 valence electrons. The highest BCUT2D eigenvalue weighted by atomic mass is 19.3. The topological polar surface area (TPSA) is 38.0 Å². The van der Waals surface area contributed by atoms with E-state index in [1.54, 1.807) is 0 Å². The summed E-state index contributed by atoms with van der Waals surface area (Å²) in [5, 5.41) is 2.39. The van der Waals surface area contributed by atoms with E-state index in [0.717, 1.165) is 12.8 Å². The highest BCUT2D eigenvalue weighted by molar-refractivity contribution is 4.76. The molecule has 0 fully saturated rings. The number of hydrogen-bond acceptors (Lipinski definition) is 2. The predicted molar refractivity (Wildman–Crippen MR) is 69.7 cm³/mol. The number of nitrogens with two attached hydrogens (primary N) is 1. The Hall–Kier alpha value is -0.360. The van der Waals surface area contributed by atoms with E-state index in [0.29, 0.717) is 25.4 Å². The van der Waals surface area contributed by atoms with Crippen LogP contribution in [0.15, 0.2) is 0 Å². The molecule has 0 amide bonds. The van der Waals surface area contributed by atoms with Crippen LogP contribution in [-0.4, -0.2) is 32.0 Å². The molecular formula is C13H26F4N2. The van der Waals surface area contributed by atoms with Crippen LogP contribution in [0, 0.1) is 11.3 Å². The fourth-order valence-corrected chi connectivity index (χ4v) is 2.02. The van der Waals surface area contributed by atoms with Crippen LogP contribution in [0.4, 0.5) is 17.6 Å². The van der Waals surface area contributed by atoms with Gasteiger partial charge in [-0.15, -0.1) is 0 Å². The standard InChI is InChI=1S/C13H26F4N2/c1-12(2,3)10(6-7-18)5-4-8-19-9-13(16,17)11(14)15/h10-11,19H,4-9,18H2,1-3H3. The van der Waals surface area contributed by atoms with Crippen molar-refractivity contribution in [2.24, 2.45) is 17.1 Å². The van der Waals surface area contributed by atoms with Crippen molar-refractivity contribution < 1.29 is 17.6 Å². The van der Waals surface area contributed by atoms with Crippen molar-refractivity contribution >= 4 is 0 Å². The molecule has 1 atom stereocenters. The first kappa shape index (κ1) is 18.6. The molecule has 0 aromatic rings. The summed E-state index contributed by atoms with van der Waals surface area (Å²) < 4.78 is 49.0. The van der Waals surface area contributed by atoms with Gasteiger partial charge in [0, 0.05) is 0 Å². The monoisotopic (exact) mass is 286 g/mol. The summed E-state index contributed by atoms with van der Waals surface area (Å²) >= 11 is 0. The fraction of sp³-hybridized carbons (Fsp3) is 1.00. The van der Waals surface area contributed by atoms with Gasteiger partial charge >= 0.3 is 12.3 Å². The second-order valence-electron chi connectivity index (χ2n) is 6.02. The molecule has 0 aromatic carbocycles. The molecule has 0 aromatic heterocycles. The summed E-state index contributed by atoms with van der Waals surface area (Å²) in [4.78, 5) is 0. The maximum absolute atomic E-state index is 12.6. The second kappa shape index (κ2) is 8.04. The highest BCUT2D eigenvalue weighted by Crippen LogP contribution is 2.31. The van der Waals surface area contributed by atoms with E-state index in [1.165, 1.54) is 0 Å². The number of hydrogen-bond donors (Lipinski definition) is 2. The number of rotatable bonds is 9. The van der Waals surface area contributed by atoms with Crippen LogP contribution < -0.4 is 11.1 Å². The zero-order valence-corrected chi connectivity index (χ0v) is 12.0. The maximum Gasteiger partial charge on any atom is 0.319 e. The summed E-state index contributed by atoms with van der Waals surface area (Å²) in [6.45, 7) is 6.29. The third-order valence-electron chi connectivity index (χ3n) is 3.33. The van der Waals surface area contributed by atoms with Crippen LogP contribution in [0.5, 0.6) is 0 Å². The molecule has 0 rings (SSSR count). The Morgan fingerprint density at radius 1 is 1.11 bits per heavy atom. The van der Waals surface area contributed by atoms with E-state index in [2.05, 4.69) is 26.1 Å². The molecule has 19 heavy (non-hydrogen) atoms. The Labute approximate surface area is 113 Å². The number of nitrogens with one attached hydrogen (secondary N) is 1. The quantitative estimate of drug-likeness (QED) is 0.504. The average Bonchev–Trinajstić information content (AvgIpc) is 2.25. The molecule has 3 N–H and O–H groups in total. The predicted octanol–water partition coefficient (Wildman–Crippen LogP) is 3.27. The minimum atomic E-state index is -3.94. The lowest BCUT2D eigenvalue weighted by atomic mass is 9.76. The third-order valence-corrected chi connectivity index (χ3v) is 3.33. The lowest BCUT2D eigenvalue weighted by Crippen LogP contribution is -2.39. The highest BCUT2D eigenvalue weighted by Gasteiger charge is 2.39. The second-order valence-corrected chi connectivity index (χ2v) is 6.02. The largest absolute Gasteiger partial charge is 0.330 e. The van der Waals surface area contributed by atoms with Crippen molar-refractivity contribution in [1.29, 1.82) is 0 Å². The first-order valence-corrected chi connectivity index (χ1v) is 6.68. The van der Waals surface area contributed by atoms with Crippen LogP contribution in [-0.2, 0) is 0 Å². The number of alkyl halides is 4. The van der Waals surface area contributed by atoms with Gasteiger partial charge in [-0.3, -0.25) is 0 Å². The molecule has 0 bridgehead atoms. The van der Waals surface area contributed by atoms with E-state index in [4.69, 9.17) is 5.73 Å². The summed E-state index contributed by atoms with van der Waals surface area (Å²) in [6.07, 6.45) is -1.19. The molecule has 0 aliphatic heterocycles. The molecular weight excluding hydrogens is 260 g/mol. The van der Waals surface area contributed by atoms with Crippen LogP contribution in [0.3, 0.4) is 0 Å². The molecule has 0 saturated heterocycles. The van der Waals surface area contributed by atoms with Gasteiger partial charge < -0.3 is 11.1 Å². The van der Waals surface area contributed by atoms with E-state index >= 15 is 0 Å². The van der Waals surface area contributed by atoms with Crippen LogP contribution in [0.25, 0.3) is 0 Å². The minimum Gasteiger partial charge on any atom is -0.330 e. The smallest absolute Gasteiger partial charge is 0.319 e. The normalized spacial score (nSPS) is 15.0. The van der Waals surface area contributed by atoms with Crippen molar-refractivity contribution in [1.82, 2.24) is 5.32 Å². The summed E-state index contributed by atoms with van der Waals surface area (Å²) in [6, 6.07) is 0. The van der Waals surface area contributed by atoms with E-state index in [1.807, 2.05) is 0 Å². The fourth-order valence-electron chi connectivity index (χ4n) is 2.02. The van der Waals surface area contributed by atoms with Gasteiger partial charge in [-0.1, -0.05) is 20.8 Å². The van der Waals surface area contributed by atoms with Crippen LogP contribution in [0.1, 0.15) is 40.0 Å². The summed E-state index contributed by atoms with van der Waals surface area (Å²) in [7, 11) is 0. The summed E-state index contributed by atoms with van der Waals surface area (Å²) in [5.41, 5.74) is 5.67. The first-order valence-electron chi connectivity index (χ1n) is 6.68. The SMILES string of the molecule is CC(C)(C)C(CCN)CCCNCC(F)(F)C(F)F. The van der Waals surface area contributed by atoms with Gasteiger partial charge in [-0.05, 0) is 43.7 Å². The molecule has 0 aliphatic carbocycles. The molecule has 0 saturated carbocycles. The third kappa shape index (κ3) is 7.72. The zero-order valence-electron chi connectivity index (χ0n) is 12.0. The Morgan fingerprint density at radius 2 is 1.68 bits per heavy atom. The van der Waals surface area contributed by atoms with Crippen molar-refractivity contribution in [2.45, 2.75) is 52.4 Å². The van der Waals surface area contributed by atoms with E-state index in [9.17, 15) is 17.6 Å². The molecule has 0 spiro atoms. The van der Waals surface area contributed by atoms with Gasteiger partial charge in [0.15, 0.2) is 0 Å². The molecule has 1 unspecified atom stereocenters. The van der Waals surface area contributed by atoms with E-state index in [-0.39, 0.29) is 5.41 Å². The Morgan fingerprint density at radius 3 is 2.11 bits per heavy atom. The Balaban J connectivity index is 3.90. The number of halogens is 4. The molecule has 0 heterocycles. The maximum atomic E-state index is 12.6. The van der Waals surface area contributed by atoms with Gasteiger partial charge in [0.05, 0.1) is 6.54 Å². The van der Waals surface area contributed by atoms with Crippen molar-refractivity contribution in [3.63, 3.8) is 0 Å². The van der Waals surface area contributed by atoms with E-state index < -0.39 is 18.9 Å². The van der Waals surface area contributed by atoms with Gasteiger partial charge in [-0.2, -0.15) is 8.78 Å². The zero-order chi connectivity index (χ0) is 15.1. The van der Waals surface area contributed by atoms with Crippen LogP contribution in [0.2, 0.25) is 0 Å².